The van der Waals surface area contributed by atoms with Crippen molar-refractivity contribution in [1.29, 1.82) is 0 Å². The van der Waals surface area contributed by atoms with Crippen LogP contribution in [-0.2, 0) is 10.2 Å². The largest absolute Gasteiger partial charge is 0.300 e. The third-order valence-corrected chi connectivity index (χ3v) is 2.94. The van der Waals surface area contributed by atoms with Gasteiger partial charge in [-0.05, 0) is 36.5 Å². The first-order chi connectivity index (χ1) is 6.98. The monoisotopic (exact) mass is 208 g/mol. The molecule has 0 bridgehead atoms. The highest BCUT2D eigenvalue weighted by molar-refractivity contribution is 5.77. The zero-order valence-corrected chi connectivity index (χ0v) is 9.51. The van der Waals surface area contributed by atoms with Crippen molar-refractivity contribution in [2.45, 2.75) is 39.0 Å². The Morgan fingerprint density at radius 2 is 2.13 bits per heavy atom. The van der Waals surface area contributed by atoms with Crippen LogP contribution >= 0.6 is 0 Å². The van der Waals surface area contributed by atoms with Crippen LogP contribution in [0.15, 0.2) is 24.3 Å². The number of halogens is 1. The van der Waals surface area contributed by atoms with Gasteiger partial charge in [-0.15, -0.1) is 0 Å². The molecule has 0 fully saturated rings. The van der Waals surface area contributed by atoms with Crippen molar-refractivity contribution >= 4 is 5.78 Å². The fourth-order valence-corrected chi connectivity index (χ4v) is 1.84. The van der Waals surface area contributed by atoms with Crippen LogP contribution in [-0.4, -0.2) is 5.78 Å². The summed E-state index contributed by atoms with van der Waals surface area (Å²) in [7, 11) is 0. The highest BCUT2D eigenvalue weighted by Gasteiger charge is 2.26. The molecule has 0 saturated carbocycles. The second-order valence-corrected chi connectivity index (χ2v) is 4.30. The van der Waals surface area contributed by atoms with Crippen LogP contribution in [0.3, 0.4) is 0 Å². The third-order valence-electron chi connectivity index (χ3n) is 2.94. The second-order valence-electron chi connectivity index (χ2n) is 4.30. The van der Waals surface area contributed by atoms with E-state index in [2.05, 4.69) is 0 Å². The first kappa shape index (κ1) is 11.9. The van der Waals surface area contributed by atoms with E-state index in [4.69, 9.17) is 0 Å². The van der Waals surface area contributed by atoms with Crippen molar-refractivity contribution in [2.24, 2.45) is 0 Å². The zero-order valence-electron chi connectivity index (χ0n) is 9.51. The standard InChI is InChI=1S/C13H17FO/c1-4-13(3,9-10(2)15)11-6-5-7-12(14)8-11/h5-8H,4,9H2,1-3H3/t13-/m0/s1. The lowest BCUT2D eigenvalue weighted by Crippen LogP contribution is -2.24. The molecule has 0 heterocycles. The molecule has 0 aliphatic rings. The van der Waals surface area contributed by atoms with Crippen molar-refractivity contribution in [3.05, 3.63) is 35.6 Å². The van der Waals surface area contributed by atoms with E-state index >= 15 is 0 Å². The fourth-order valence-electron chi connectivity index (χ4n) is 1.84. The molecule has 0 N–H and O–H groups in total. The summed E-state index contributed by atoms with van der Waals surface area (Å²) < 4.78 is 13.1. The average molecular weight is 208 g/mol. The number of carbonyl (C=O) groups excluding carboxylic acids is 1. The first-order valence-electron chi connectivity index (χ1n) is 5.23. The highest BCUT2D eigenvalue weighted by atomic mass is 19.1. The Labute approximate surface area is 90.3 Å². The lowest BCUT2D eigenvalue weighted by Gasteiger charge is -2.27. The number of carbonyl (C=O) groups is 1. The molecule has 0 aromatic heterocycles. The van der Waals surface area contributed by atoms with Gasteiger partial charge in [0, 0.05) is 6.42 Å². The van der Waals surface area contributed by atoms with E-state index in [1.54, 1.807) is 13.0 Å². The lowest BCUT2D eigenvalue weighted by molar-refractivity contribution is -0.118. The number of rotatable bonds is 4. The van der Waals surface area contributed by atoms with E-state index in [1.165, 1.54) is 12.1 Å². The van der Waals surface area contributed by atoms with Crippen LogP contribution in [0, 0.1) is 5.82 Å². The van der Waals surface area contributed by atoms with E-state index in [9.17, 15) is 9.18 Å². The predicted octanol–water partition coefficient (Wildman–Crippen LogP) is 3.47. The highest BCUT2D eigenvalue weighted by Crippen LogP contribution is 2.31. The van der Waals surface area contributed by atoms with Gasteiger partial charge in [-0.2, -0.15) is 0 Å². The van der Waals surface area contributed by atoms with E-state index in [1.807, 2.05) is 19.9 Å². The minimum atomic E-state index is -0.242. The molecule has 15 heavy (non-hydrogen) atoms. The second kappa shape index (κ2) is 4.56. The van der Waals surface area contributed by atoms with E-state index in [0.717, 1.165) is 12.0 Å². The third kappa shape index (κ3) is 2.88. The Kier molecular flexibility index (Phi) is 3.61. The molecule has 0 amide bonds. The topological polar surface area (TPSA) is 17.1 Å². The fraction of sp³-hybridized carbons (Fsp3) is 0.462. The van der Waals surface area contributed by atoms with Crippen molar-refractivity contribution in [3.8, 4) is 0 Å². The van der Waals surface area contributed by atoms with Crippen molar-refractivity contribution in [1.82, 2.24) is 0 Å². The summed E-state index contributed by atoms with van der Waals surface area (Å²) in [5, 5.41) is 0. The first-order valence-corrected chi connectivity index (χ1v) is 5.23. The van der Waals surface area contributed by atoms with Gasteiger partial charge in [-0.25, -0.2) is 4.39 Å². The van der Waals surface area contributed by atoms with E-state index < -0.39 is 0 Å². The molecule has 2 heteroatoms. The quantitative estimate of drug-likeness (QED) is 0.740. The zero-order chi connectivity index (χ0) is 11.5. The maximum absolute atomic E-state index is 13.1. The van der Waals surface area contributed by atoms with E-state index in [-0.39, 0.29) is 17.0 Å². The summed E-state index contributed by atoms with van der Waals surface area (Å²) in [6, 6.07) is 6.52. The molecular formula is C13H17FO. The van der Waals surface area contributed by atoms with Crippen molar-refractivity contribution < 1.29 is 9.18 Å². The van der Waals surface area contributed by atoms with Crippen LogP contribution < -0.4 is 0 Å². The molecule has 82 valence electrons. The normalized spacial score (nSPS) is 14.7. The molecule has 0 aliphatic carbocycles. The average Bonchev–Trinajstić information content (AvgIpc) is 2.16. The minimum absolute atomic E-state index is 0.142. The Morgan fingerprint density at radius 3 is 2.60 bits per heavy atom. The molecule has 0 aliphatic heterocycles. The van der Waals surface area contributed by atoms with Gasteiger partial charge in [-0.1, -0.05) is 26.0 Å². The van der Waals surface area contributed by atoms with Gasteiger partial charge in [0.15, 0.2) is 0 Å². The summed E-state index contributed by atoms with van der Waals surface area (Å²) in [6.07, 6.45) is 1.29. The molecule has 0 spiro atoms. The Balaban J connectivity index is 3.05. The van der Waals surface area contributed by atoms with Gasteiger partial charge in [0.2, 0.25) is 0 Å². The van der Waals surface area contributed by atoms with E-state index in [0.29, 0.717) is 6.42 Å². The van der Waals surface area contributed by atoms with Gasteiger partial charge >= 0.3 is 0 Å². The van der Waals surface area contributed by atoms with Gasteiger partial charge in [0.25, 0.3) is 0 Å². The molecule has 0 radical (unpaired) electrons. The molecule has 1 atom stereocenters. The summed E-state index contributed by atoms with van der Waals surface area (Å²) >= 11 is 0. The van der Waals surface area contributed by atoms with Gasteiger partial charge < -0.3 is 0 Å². The summed E-state index contributed by atoms with van der Waals surface area (Å²) in [5.41, 5.74) is 0.661. The summed E-state index contributed by atoms with van der Waals surface area (Å²) in [4.78, 5) is 11.2. The van der Waals surface area contributed by atoms with Crippen molar-refractivity contribution in [2.75, 3.05) is 0 Å². The number of hydrogen-bond donors (Lipinski definition) is 0. The van der Waals surface area contributed by atoms with Crippen LogP contribution in [0.1, 0.15) is 39.2 Å². The molecule has 1 nitrogen and oxygen atoms in total. The van der Waals surface area contributed by atoms with Crippen molar-refractivity contribution in [3.63, 3.8) is 0 Å². The lowest BCUT2D eigenvalue weighted by atomic mass is 9.76. The van der Waals surface area contributed by atoms with Crippen LogP contribution in [0.4, 0.5) is 4.39 Å². The van der Waals surface area contributed by atoms with Gasteiger partial charge in [-0.3, -0.25) is 4.79 Å². The Bertz CT molecular complexity index is 359. The molecular weight excluding hydrogens is 191 g/mol. The molecule has 0 unspecified atom stereocenters. The smallest absolute Gasteiger partial charge is 0.130 e. The molecule has 1 aromatic carbocycles. The van der Waals surface area contributed by atoms with Crippen LogP contribution in [0.2, 0.25) is 0 Å². The SMILES string of the molecule is CC[C@@](C)(CC(C)=O)c1cccc(F)c1. The molecule has 1 aromatic rings. The minimum Gasteiger partial charge on any atom is -0.300 e. The molecule has 1 rings (SSSR count). The van der Waals surface area contributed by atoms with Crippen LogP contribution in [0.25, 0.3) is 0 Å². The number of benzene rings is 1. The Morgan fingerprint density at radius 1 is 1.47 bits per heavy atom. The predicted molar refractivity (Wildman–Crippen MR) is 59.3 cm³/mol. The summed E-state index contributed by atoms with van der Waals surface area (Å²) in [5.74, 6) is -0.0978. The molecule has 0 saturated heterocycles. The van der Waals surface area contributed by atoms with Gasteiger partial charge in [0.05, 0.1) is 0 Å². The van der Waals surface area contributed by atoms with Crippen LogP contribution in [0.5, 0.6) is 0 Å². The van der Waals surface area contributed by atoms with Gasteiger partial charge in [0.1, 0.15) is 11.6 Å². The summed E-state index contributed by atoms with van der Waals surface area (Å²) in [6.45, 7) is 5.60. The number of ketones is 1. The maximum atomic E-state index is 13.1. The number of hydrogen-bond acceptors (Lipinski definition) is 1. The Hall–Kier alpha value is -1.18. The number of Topliss-reactive ketones (excluding diaryl/α,β-unsaturated/α-hetero) is 1. The maximum Gasteiger partial charge on any atom is 0.130 e.